The zero-order valence-corrected chi connectivity index (χ0v) is 14.8. The summed E-state index contributed by atoms with van der Waals surface area (Å²) in [5.41, 5.74) is 2.52. The van der Waals surface area contributed by atoms with Gasteiger partial charge in [-0.05, 0) is 35.2 Å². The maximum atomic E-state index is 12.4. The van der Waals surface area contributed by atoms with Crippen LogP contribution < -0.4 is 10.1 Å². The molecule has 0 atom stereocenters. The van der Waals surface area contributed by atoms with Gasteiger partial charge >= 0.3 is 0 Å². The van der Waals surface area contributed by atoms with E-state index in [-0.39, 0.29) is 11.3 Å². The third-order valence-electron chi connectivity index (χ3n) is 3.37. The number of benzene rings is 2. The van der Waals surface area contributed by atoms with Gasteiger partial charge in [0, 0.05) is 21.8 Å². The molecule has 0 saturated carbocycles. The Morgan fingerprint density at radius 1 is 1.14 bits per heavy atom. The monoisotopic (exact) mass is 361 g/mol. The summed E-state index contributed by atoms with van der Waals surface area (Å²) in [6.07, 6.45) is 0. The minimum absolute atomic E-state index is 0.0284. The third-order valence-corrected chi connectivity index (χ3v) is 4.02. The van der Waals surface area contributed by atoms with Gasteiger partial charge in [0.05, 0.1) is 7.11 Å². The second-order valence-corrected chi connectivity index (χ2v) is 6.99. The lowest BCUT2D eigenvalue weighted by molar-refractivity contribution is 0.102. The molecule has 0 bridgehead atoms. The molecule has 1 N–H and O–H groups in total. The molecule has 0 spiro atoms. The molecule has 0 aromatic heterocycles. The number of anilines is 1. The van der Waals surface area contributed by atoms with Crippen molar-refractivity contribution in [1.82, 2.24) is 0 Å². The normalized spacial score (nSPS) is 11.1. The molecule has 0 fully saturated rings. The van der Waals surface area contributed by atoms with Gasteiger partial charge in [-0.2, -0.15) is 0 Å². The summed E-state index contributed by atoms with van der Waals surface area (Å²) in [7, 11) is 1.60. The Morgan fingerprint density at radius 3 is 2.45 bits per heavy atom. The summed E-state index contributed by atoms with van der Waals surface area (Å²) in [6.45, 7) is 6.43. The summed E-state index contributed by atoms with van der Waals surface area (Å²) in [6, 6.07) is 13.0. The van der Waals surface area contributed by atoms with Crippen LogP contribution in [-0.4, -0.2) is 13.0 Å². The first-order valence-corrected chi connectivity index (χ1v) is 7.86. The highest BCUT2D eigenvalue weighted by Gasteiger charge is 2.18. The van der Waals surface area contributed by atoms with E-state index in [0.717, 1.165) is 4.47 Å². The Morgan fingerprint density at radius 2 is 1.86 bits per heavy atom. The van der Waals surface area contributed by atoms with E-state index in [4.69, 9.17) is 4.74 Å². The first-order chi connectivity index (χ1) is 10.3. The molecular formula is C18H20BrNO2. The van der Waals surface area contributed by atoms with Crippen molar-refractivity contribution in [2.24, 2.45) is 0 Å². The maximum absolute atomic E-state index is 12.4. The lowest BCUT2D eigenvalue weighted by Gasteiger charge is -2.21. The van der Waals surface area contributed by atoms with E-state index in [1.165, 1.54) is 5.56 Å². The minimum Gasteiger partial charge on any atom is -0.497 e. The molecule has 2 rings (SSSR count). The van der Waals surface area contributed by atoms with Gasteiger partial charge in [-0.25, -0.2) is 0 Å². The predicted molar refractivity (Wildman–Crippen MR) is 93.8 cm³/mol. The molecule has 0 radical (unpaired) electrons. The molecule has 22 heavy (non-hydrogen) atoms. The van der Waals surface area contributed by atoms with E-state index in [0.29, 0.717) is 17.0 Å². The fraction of sp³-hybridized carbons (Fsp3) is 0.278. The van der Waals surface area contributed by atoms with Gasteiger partial charge in [0.25, 0.3) is 5.91 Å². The van der Waals surface area contributed by atoms with Crippen LogP contribution in [0.5, 0.6) is 5.75 Å². The molecule has 0 unspecified atom stereocenters. The minimum atomic E-state index is -0.144. The molecule has 3 nitrogen and oxygen atoms in total. The number of carbonyl (C=O) groups excluding carboxylic acids is 1. The summed E-state index contributed by atoms with van der Waals surface area (Å²) >= 11 is 3.56. The van der Waals surface area contributed by atoms with Gasteiger partial charge in [0.1, 0.15) is 5.75 Å². The number of carbonyl (C=O) groups is 1. The van der Waals surface area contributed by atoms with Crippen LogP contribution in [0.4, 0.5) is 5.69 Å². The van der Waals surface area contributed by atoms with Crippen molar-refractivity contribution in [3.8, 4) is 5.75 Å². The number of ether oxygens (including phenoxy) is 1. The number of hydrogen-bond acceptors (Lipinski definition) is 2. The predicted octanol–water partition coefficient (Wildman–Crippen LogP) is 5.01. The standard InChI is InChI=1S/C18H20BrNO2/c1-18(2,3)15-9-8-12(10-16(15)19)17(21)20-13-6-5-7-14(11-13)22-4/h5-11H,1-4H3,(H,20,21). The van der Waals surface area contributed by atoms with E-state index in [1.54, 1.807) is 13.2 Å². The molecule has 0 aliphatic heterocycles. The molecular weight excluding hydrogens is 342 g/mol. The van der Waals surface area contributed by atoms with Gasteiger partial charge in [-0.1, -0.05) is 48.8 Å². The molecule has 0 aliphatic carbocycles. The van der Waals surface area contributed by atoms with Crippen molar-refractivity contribution < 1.29 is 9.53 Å². The summed E-state index contributed by atoms with van der Waals surface area (Å²) in [5.74, 6) is 0.566. The van der Waals surface area contributed by atoms with Crippen molar-refractivity contribution in [3.05, 3.63) is 58.1 Å². The Labute approximate surface area is 139 Å². The highest BCUT2D eigenvalue weighted by molar-refractivity contribution is 9.10. The second-order valence-electron chi connectivity index (χ2n) is 6.13. The van der Waals surface area contributed by atoms with Gasteiger partial charge in [0.15, 0.2) is 0 Å². The summed E-state index contributed by atoms with van der Waals surface area (Å²) in [4.78, 5) is 12.4. The lowest BCUT2D eigenvalue weighted by Crippen LogP contribution is -2.15. The molecule has 116 valence electrons. The summed E-state index contributed by atoms with van der Waals surface area (Å²) < 4.78 is 6.10. The third kappa shape index (κ3) is 3.89. The number of rotatable bonds is 3. The highest BCUT2D eigenvalue weighted by atomic mass is 79.9. The van der Waals surface area contributed by atoms with Crippen LogP contribution in [0.1, 0.15) is 36.7 Å². The van der Waals surface area contributed by atoms with Gasteiger partial charge in [0.2, 0.25) is 0 Å². The van der Waals surface area contributed by atoms with E-state index < -0.39 is 0 Å². The first kappa shape index (κ1) is 16.6. The van der Waals surface area contributed by atoms with Gasteiger partial charge in [-0.3, -0.25) is 4.79 Å². The zero-order chi connectivity index (χ0) is 16.3. The Kier molecular flexibility index (Phi) is 4.91. The van der Waals surface area contributed by atoms with E-state index >= 15 is 0 Å². The second kappa shape index (κ2) is 6.53. The fourth-order valence-electron chi connectivity index (χ4n) is 2.17. The van der Waals surface area contributed by atoms with Crippen LogP contribution in [0.2, 0.25) is 0 Å². The largest absolute Gasteiger partial charge is 0.497 e. The van der Waals surface area contributed by atoms with Crippen molar-refractivity contribution in [2.45, 2.75) is 26.2 Å². The van der Waals surface area contributed by atoms with Crippen molar-refractivity contribution in [1.29, 1.82) is 0 Å². The van der Waals surface area contributed by atoms with Crippen molar-refractivity contribution >= 4 is 27.5 Å². The molecule has 0 saturated heterocycles. The van der Waals surface area contributed by atoms with E-state index in [9.17, 15) is 4.79 Å². The Balaban J connectivity index is 2.21. The first-order valence-electron chi connectivity index (χ1n) is 7.06. The maximum Gasteiger partial charge on any atom is 0.255 e. The van der Waals surface area contributed by atoms with Gasteiger partial charge in [-0.15, -0.1) is 0 Å². The number of amides is 1. The molecule has 1 amide bonds. The van der Waals surface area contributed by atoms with Crippen LogP contribution in [0.15, 0.2) is 46.9 Å². The number of nitrogens with one attached hydrogen (secondary N) is 1. The SMILES string of the molecule is COc1cccc(NC(=O)c2ccc(C(C)(C)C)c(Br)c2)c1. The highest BCUT2D eigenvalue weighted by Crippen LogP contribution is 2.30. The average molecular weight is 362 g/mol. The molecule has 0 aliphatic rings. The fourth-order valence-corrected chi connectivity index (χ4v) is 3.14. The van der Waals surface area contributed by atoms with Gasteiger partial charge < -0.3 is 10.1 Å². The number of methoxy groups -OCH3 is 1. The molecule has 0 heterocycles. The molecule has 2 aromatic rings. The average Bonchev–Trinajstić information content (AvgIpc) is 2.46. The Bertz CT molecular complexity index is 690. The van der Waals surface area contributed by atoms with E-state index in [2.05, 4.69) is 42.0 Å². The number of hydrogen-bond donors (Lipinski definition) is 1. The van der Waals surface area contributed by atoms with Crippen molar-refractivity contribution in [2.75, 3.05) is 12.4 Å². The topological polar surface area (TPSA) is 38.3 Å². The molecule has 4 heteroatoms. The smallest absolute Gasteiger partial charge is 0.255 e. The quantitative estimate of drug-likeness (QED) is 0.834. The van der Waals surface area contributed by atoms with Crippen LogP contribution in [0.25, 0.3) is 0 Å². The number of halogens is 1. The van der Waals surface area contributed by atoms with Crippen LogP contribution >= 0.6 is 15.9 Å². The lowest BCUT2D eigenvalue weighted by atomic mass is 9.86. The molecule has 2 aromatic carbocycles. The zero-order valence-electron chi connectivity index (χ0n) is 13.2. The Hall–Kier alpha value is -1.81. The van der Waals surface area contributed by atoms with Crippen LogP contribution in [0, 0.1) is 0 Å². The van der Waals surface area contributed by atoms with Crippen molar-refractivity contribution in [3.63, 3.8) is 0 Å². The summed E-state index contributed by atoms with van der Waals surface area (Å²) in [5, 5.41) is 2.88. The van der Waals surface area contributed by atoms with E-state index in [1.807, 2.05) is 36.4 Å². The van der Waals surface area contributed by atoms with Crippen LogP contribution in [0.3, 0.4) is 0 Å². The van der Waals surface area contributed by atoms with Crippen LogP contribution in [-0.2, 0) is 5.41 Å².